The van der Waals surface area contributed by atoms with E-state index in [9.17, 15) is 0 Å². The molecule has 0 saturated heterocycles. The van der Waals surface area contributed by atoms with Gasteiger partial charge >= 0.3 is 25.8 Å². The molecule has 6 aromatic carbocycles. The van der Waals surface area contributed by atoms with Crippen LogP contribution in [0.3, 0.4) is 0 Å². The van der Waals surface area contributed by atoms with Crippen LogP contribution in [-0.2, 0) is 25.8 Å². The molecular formula is C48H60HfSi3. The number of benzene rings is 4. The largest absolute Gasteiger partial charge is 4.00 e. The quantitative estimate of drug-likeness (QED) is 0.105. The maximum absolute atomic E-state index is 2.72. The van der Waals surface area contributed by atoms with Gasteiger partial charge in [0.1, 0.15) is 0 Å². The first-order valence-electron chi connectivity index (χ1n) is 19.2. The van der Waals surface area contributed by atoms with Crippen molar-refractivity contribution in [3.63, 3.8) is 0 Å². The maximum Gasteiger partial charge on any atom is 4.00 e. The Morgan fingerprint density at radius 1 is 0.481 bits per heavy atom. The standard InChI is InChI=1S/C46H54Si3.2CH3.Hf/c1-47(2,3)37-25-21-33(22-26-37)43-19-11-13-35-29-41(31-45(35)43)49(39-15-7-8-16-39,40-17-9-10-18-40)42-30-36-14-12-20-44(46(36)32-42)34-23-27-38(28-24-34)48(4,5)6;;;/h11-14,19-32,39-40H,7-10,15-18H2,1-6H3;2*1H3;/q-2;2*-1;+4. The summed E-state index contributed by atoms with van der Waals surface area (Å²) in [6, 6.07) is 44.2. The van der Waals surface area contributed by atoms with E-state index in [4.69, 9.17) is 0 Å². The monoisotopic (exact) mass is 900 g/mol. The van der Waals surface area contributed by atoms with Gasteiger partial charge in [0.05, 0.1) is 24.2 Å². The SMILES string of the molecule is C[Si](C)(C)c1ccc(-c2cccc3[cH-]c([Si](c4cc5c(-c6ccc([Si](C)(C)C)cc6)cccc5[cH-]4)(C4CCCC4)C4CCCC4)cc23)cc1.[CH3-].[CH3-].[Hf+4]. The molecule has 0 aromatic heterocycles. The Kier molecular flexibility index (Phi) is 12.4. The zero-order valence-corrected chi connectivity index (χ0v) is 39.8. The van der Waals surface area contributed by atoms with E-state index in [-0.39, 0.29) is 40.7 Å². The molecule has 0 unspecified atom stereocenters. The third-order valence-corrected chi connectivity index (χ3v) is 22.9. The minimum Gasteiger partial charge on any atom is -0.358 e. The molecule has 52 heavy (non-hydrogen) atoms. The van der Waals surface area contributed by atoms with E-state index in [0.29, 0.717) is 0 Å². The topological polar surface area (TPSA) is 0 Å². The van der Waals surface area contributed by atoms with Crippen LogP contribution < -0.4 is 20.7 Å². The molecule has 0 amide bonds. The van der Waals surface area contributed by atoms with Gasteiger partial charge in [0, 0.05) is 0 Å². The Morgan fingerprint density at radius 3 is 1.15 bits per heavy atom. The Balaban J connectivity index is 0.00000174. The smallest absolute Gasteiger partial charge is 0.358 e. The average molecular weight is 900 g/mol. The van der Waals surface area contributed by atoms with E-state index in [1.165, 1.54) is 106 Å². The van der Waals surface area contributed by atoms with E-state index in [0.717, 1.165) is 11.1 Å². The Labute approximate surface area is 338 Å². The van der Waals surface area contributed by atoms with Gasteiger partial charge in [-0.15, -0.1) is 68.3 Å². The summed E-state index contributed by atoms with van der Waals surface area (Å²) in [7, 11) is -4.84. The van der Waals surface area contributed by atoms with Crippen LogP contribution in [-0.4, -0.2) is 24.2 Å². The maximum atomic E-state index is 2.72. The van der Waals surface area contributed by atoms with Crippen molar-refractivity contribution in [3.05, 3.63) is 124 Å². The van der Waals surface area contributed by atoms with Crippen molar-refractivity contribution in [2.24, 2.45) is 0 Å². The van der Waals surface area contributed by atoms with E-state index < -0.39 is 24.2 Å². The fraction of sp³-hybridized carbons (Fsp3) is 0.333. The van der Waals surface area contributed by atoms with Gasteiger partial charge in [0.2, 0.25) is 0 Å². The summed E-state index contributed by atoms with van der Waals surface area (Å²) >= 11 is 0. The summed E-state index contributed by atoms with van der Waals surface area (Å²) in [5.74, 6) is 0. The molecule has 0 radical (unpaired) electrons. The summed E-state index contributed by atoms with van der Waals surface area (Å²) < 4.78 is 0. The molecule has 0 nitrogen and oxygen atoms in total. The van der Waals surface area contributed by atoms with Crippen molar-refractivity contribution >= 4 is 66.5 Å². The van der Waals surface area contributed by atoms with Gasteiger partial charge < -0.3 is 14.9 Å². The fourth-order valence-electron chi connectivity index (χ4n) is 9.96. The van der Waals surface area contributed by atoms with Gasteiger partial charge in [-0.1, -0.05) is 173 Å². The molecule has 0 spiro atoms. The van der Waals surface area contributed by atoms with Crippen LogP contribution in [0.4, 0.5) is 0 Å². The number of hydrogen-bond donors (Lipinski definition) is 0. The third kappa shape index (κ3) is 7.23. The van der Waals surface area contributed by atoms with E-state index in [1.54, 1.807) is 10.4 Å². The Bertz CT molecular complexity index is 1930. The van der Waals surface area contributed by atoms with Crippen LogP contribution in [0.5, 0.6) is 0 Å². The number of fused-ring (bicyclic) bond motifs is 2. The Morgan fingerprint density at radius 2 is 0.827 bits per heavy atom. The molecule has 4 heteroatoms. The molecule has 2 fully saturated rings. The molecule has 2 saturated carbocycles. The molecule has 0 bridgehead atoms. The van der Waals surface area contributed by atoms with E-state index in [2.05, 4.69) is 148 Å². The van der Waals surface area contributed by atoms with Crippen LogP contribution in [0.15, 0.2) is 109 Å². The van der Waals surface area contributed by atoms with Gasteiger partial charge in [-0.2, -0.15) is 12.1 Å². The van der Waals surface area contributed by atoms with Crippen LogP contribution >= 0.6 is 0 Å². The van der Waals surface area contributed by atoms with Gasteiger partial charge in [0.15, 0.2) is 0 Å². The molecule has 2 aliphatic carbocycles. The van der Waals surface area contributed by atoms with Crippen LogP contribution in [0.1, 0.15) is 51.4 Å². The normalized spacial score (nSPS) is 15.8. The summed E-state index contributed by atoms with van der Waals surface area (Å²) in [5.41, 5.74) is 7.18. The minimum absolute atomic E-state index is 0. The molecule has 8 rings (SSSR count). The average Bonchev–Trinajstić information content (AvgIpc) is 3.92. The van der Waals surface area contributed by atoms with Crippen LogP contribution in [0.2, 0.25) is 50.4 Å². The van der Waals surface area contributed by atoms with E-state index in [1.807, 2.05) is 0 Å². The van der Waals surface area contributed by atoms with Crippen molar-refractivity contribution in [2.45, 2.75) is 102 Å². The molecule has 6 aromatic rings. The van der Waals surface area contributed by atoms with Crippen molar-refractivity contribution < 1.29 is 25.8 Å². The number of hydrogen-bond acceptors (Lipinski definition) is 0. The van der Waals surface area contributed by atoms with Crippen LogP contribution in [0.25, 0.3) is 43.8 Å². The second-order valence-electron chi connectivity index (χ2n) is 17.6. The van der Waals surface area contributed by atoms with Crippen molar-refractivity contribution in [3.8, 4) is 22.3 Å². The van der Waals surface area contributed by atoms with E-state index >= 15 is 0 Å². The zero-order valence-electron chi connectivity index (χ0n) is 33.2. The second-order valence-corrected chi connectivity index (χ2v) is 32.3. The van der Waals surface area contributed by atoms with Gasteiger partial charge in [-0.25, -0.2) is 0 Å². The first kappa shape index (κ1) is 40.8. The Hall–Kier alpha value is -2.38. The predicted molar refractivity (Wildman–Crippen MR) is 238 cm³/mol. The third-order valence-electron chi connectivity index (χ3n) is 12.6. The van der Waals surface area contributed by atoms with Crippen molar-refractivity contribution in [1.82, 2.24) is 0 Å². The predicted octanol–water partition coefficient (Wildman–Crippen LogP) is 12.2. The van der Waals surface area contributed by atoms with Crippen molar-refractivity contribution in [1.29, 1.82) is 0 Å². The fourth-order valence-corrected chi connectivity index (χ4v) is 19.4. The second kappa shape index (κ2) is 15.8. The molecule has 0 atom stereocenters. The molecule has 2 aliphatic rings. The van der Waals surface area contributed by atoms with Gasteiger partial charge in [-0.05, 0) is 22.2 Å². The minimum atomic E-state index is -2.15. The first-order chi connectivity index (χ1) is 23.5. The molecule has 0 heterocycles. The van der Waals surface area contributed by atoms with Gasteiger partial charge in [-0.3, -0.25) is 0 Å². The van der Waals surface area contributed by atoms with Crippen molar-refractivity contribution in [2.75, 3.05) is 0 Å². The molecule has 0 aliphatic heterocycles. The van der Waals surface area contributed by atoms with Crippen LogP contribution in [0, 0.1) is 14.9 Å². The summed E-state index contributed by atoms with van der Waals surface area (Å²) in [6.07, 6.45) is 11.2. The zero-order chi connectivity index (χ0) is 34.0. The molecule has 268 valence electrons. The summed E-state index contributed by atoms with van der Waals surface area (Å²) in [5, 5.41) is 12.3. The molecule has 0 N–H and O–H groups in total. The van der Waals surface area contributed by atoms with Gasteiger partial charge in [0.25, 0.3) is 0 Å². The molecular weight excluding hydrogens is 839 g/mol. The number of rotatable bonds is 8. The summed E-state index contributed by atoms with van der Waals surface area (Å²) in [4.78, 5) is 0. The summed E-state index contributed by atoms with van der Waals surface area (Å²) in [6.45, 7) is 14.7. The first-order valence-corrected chi connectivity index (χ1v) is 28.3.